The molecule has 1 saturated heterocycles. The lowest BCUT2D eigenvalue weighted by Crippen LogP contribution is -2.45. The molecule has 0 bridgehead atoms. The van der Waals surface area contributed by atoms with Crippen molar-refractivity contribution in [2.75, 3.05) is 43.4 Å². The Balaban J connectivity index is 1.75. The summed E-state index contributed by atoms with van der Waals surface area (Å²) in [5.74, 6) is -0.210. The van der Waals surface area contributed by atoms with Crippen molar-refractivity contribution < 1.29 is 4.39 Å². The molecule has 0 aromatic heterocycles. The van der Waals surface area contributed by atoms with Gasteiger partial charge in [-0.05, 0) is 36.9 Å². The minimum atomic E-state index is -0.210. The summed E-state index contributed by atoms with van der Waals surface area (Å²) in [5.41, 5.74) is 10.5. The predicted octanol–water partition coefficient (Wildman–Crippen LogP) is 2.65. The van der Waals surface area contributed by atoms with Gasteiger partial charge in [0.15, 0.2) is 0 Å². The maximum atomic E-state index is 13.0. The van der Waals surface area contributed by atoms with Gasteiger partial charge in [0, 0.05) is 56.2 Å². The van der Waals surface area contributed by atoms with E-state index < -0.39 is 0 Å². The molecule has 1 fully saturated rings. The van der Waals surface area contributed by atoms with E-state index in [4.69, 9.17) is 5.73 Å². The van der Waals surface area contributed by atoms with Gasteiger partial charge >= 0.3 is 0 Å². The first-order valence-electron chi connectivity index (χ1n) is 8.41. The van der Waals surface area contributed by atoms with Gasteiger partial charge in [-0.15, -0.1) is 0 Å². The Labute approximate surface area is 143 Å². The van der Waals surface area contributed by atoms with E-state index in [1.165, 1.54) is 17.8 Å². The van der Waals surface area contributed by atoms with Crippen LogP contribution in [0.2, 0.25) is 0 Å². The van der Waals surface area contributed by atoms with Gasteiger partial charge in [-0.25, -0.2) is 4.39 Å². The second-order valence-corrected chi connectivity index (χ2v) is 6.28. The van der Waals surface area contributed by atoms with E-state index in [0.29, 0.717) is 13.1 Å². The molecule has 1 heterocycles. The molecule has 3 rings (SSSR count). The van der Waals surface area contributed by atoms with Crippen molar-refractivity contribution in [1.29, 1.82) is 0 Å². The van der Waals surface area contributed by atoms with Gasteiger partial charge in [-0.1, -0.05) is 18.2 Å². The van der Waals surface area contributed by atoms with Gasteiger partial charge < -0.3 is 20.9 Å². The summed E-state index contributed by atoms with van der Waals surface area (Å²) in [4.78, 5) is 4.75. The molecule has 1 aliphatic heterocycles. The van der Waals surface area contributed by atoms with Crippen molar-refractivity contribution in [3.63, 3.8) is 0 Å². The predicted molar refractivity (Wildman–Crippen MR) is 97.8 cm³/mol. The zero-order chi connectivity index (χ0) is 16.9. The largest absolute Gasteiger partial charge is 0.381 e. The average Bonchev–Trinajstić information content (AvgIpc) is 2.61. The van der Waals surface area contributed by atoms with E-state index in [-0.39, 0.29) is 5.82 Å². The Hall–Kier alpha value is -2.11. The molecule has 0 saturated carbocycles. The fraction of sp³-hybridized carbons (Fsp3) is 0.368. The molecule has 24 heavy (non-hydrogen) atoms. The number of hydrogen-bond donors (Lipinski definition) is 2. The first-order chi connectivity index (χ1) is 11.7. The molecule has 0 atom stereocenters. The van der Waals surface area contributed by atoms with E-state index in [1.54, 1.807) is 12.1 Å². The first kappa shape index (κ1) is 16.7. The highest BCUT2D eigenvalue weighted by molar-refractivity contribution is 5.67. The third-order valence-corrected chi connectivity index (χ3v) is 4.60. The summed E-state index contributed by atoms with van der Waals surface area (Å²) >= 11 is 0. The first-order valence-corrected chi connectivity index (χ1v) is 8.41. The number of anilines is 2. The Morgan fingerprint density at radius 1 is 1.04 bits per heavy atom. The molecule has 0 unspecified atom stereocenters. The van der Waals surface area contributed by atoms with Crippen molar-refractivity contribution in [2.24, 2.45) is 5.73 Å². The molecule has 4 nitrogen and oxygen atoms in total. The summed E-state index contributed by atoms with van der Waals surface area (Å²) < 4.78 is 13.0. The molecule has 1 aliphatic rings. The third-order valence-electron chi connectivity index (χ3n) is 4.60. The van der Waals surface area contributed by atoms with Crippen molar-refractivity contribution in [3.8, 4) is 0 Å². The van der Waals surface area contributed by atoms with Gasteiger partial charge in [0.05, 0.1) is 0 Å². The summed E-state index contributed by atoms with van der Waals surface area (Å²) in [6.07, 6.45) is 0. The summed E-state index contributed by atoms with van der Waals surface area (Å²) in [5, 5.41) is 3.45. The quantitative estimate of drug-likeness (QED) is 0.886. The fourth-order valence-corrected chi connectivity index (χ4v) is 3.10. The number of benzene rings is 2. The number of likely N-dealkylation sites (N-methyl/N-ethyl adjacent to an activating group) is 1. The molecule has 128 valence electrons. The van der Waals surface area contributed by atoms with Crippen LogP contribution in [0.4, 0.5) is 15.8 Å². The lowest BCUT2D eigenvalue weighted by atomic mass is 10.1. The number of piperazine rings is 1. The Bertz CT molecular complexity index is 664. The second kappa shape index (κ2) is 7.64. The lowest BCUT2D eigenvalue weighted by molar-refractivity contribution is 0.312. The Morgan fingerprint density at radius 3 is 2.42 bits per heavy atom. The highest BCUT2D eigenvalue weighted by atomic mass is 19.1. The van der Waals surface area contributed by atoms with Crippen LogP contribution >= 0.6 is 0 Å². The number of nitrogens with zero attached hydrogens (tertiary/aromatic N) is 2. The van der Waals surface area contributed by atoms with Gasteiger partial charge in [-0.2, -0.15) is 0 Å². The number of rotatable bonds is 5. The van der Waals surface area contributed by atoms with Crippen molar-refractivity contribution >= 4 is 11.4 Å². The van der Waals surface area contributed by atoms with Crippen LogP contribution in [0.1, 0.15) is 11.1 Å². The van der Waals surface area contributed by atoms with Gasteiger partial charge in [0.1, 0.15) is 5.82 Å². The zero-order valence-electron chi connectivity index (χ0n) is 14.1. The highest BCUT2D eigenvalue weighted by Gasteiger charge is 2.18. The standard InChI is InChI=1S/C19H25FN4/c1-23-9-11-24(12-10-23)19-4-2-3-18(17(19)13-21)22-14-15-5-7-16(20)8-6-15/h2-8,22H,9-14,21H2,1H3. The number of nitrogens with two attached hydrogens (primary N) is 1. The monoisotopic (exact) mass is 328 g/mol. The van der Waals surface area contributed by atoms with E-state index in [0.717, 1.165) is 43.0 Å². The van der Waals surface area contributed by atoms with Crippen LogP contribution in [0.25, 0.3) is 0 Å². The van der Waals surface area contributed by atoms with Crippen LogP contribution < -0.4 is 16.0 Å². The Kier molecular flexibility index (Phi) is 5.33. The minimum Gasteiger partial charge on any atom is -0.381 e. The summed E-state index contributed by atoms with van der Waals surface area (Å²) in [6.45, 7) is 5.32. The number of nitrogens with one attached hydrogen (secondary N) is 1. The van der Waals surface area contributed by atoms with Crippen molar-refractivity contribution in [2.45, 2.75) is 13.1 Å². The van der Waals surface area contributed by atoms with E-state index in [9.17, 15) is 4.39 Å². The van der Waals surface area contributed by atoms with Crippen LogP contribution in [0.15, 0.2) is 42.5 Å². The molecular weight excluding hydrogens is 303 g/mol. The van der Waals surface area contributed by atoms with Gasteiger partial charge in [-0.3, -0.25) is 0 Å². The SMILES string of the molecule is CN1CCN(c2cccc(NCc3ccc(F)cc3)c2CN)CC1. The highest BCUT2D eigenvalue weighted by Crippen LogP contribution is 2.28. The summed E-state index contributed by atoms with van der Waals surface area (Å²) in [6, 6.07) is 12.9. The normalized spacial score (nSPS) is 15.5. The van der Waals surface area contributed by atoms with Crippen LogP contribution in [0.3, 0.4) is 0 Å². The zero-order valence-corrected chi connectivity index (χ0v) is 14.1. The maximum absolute atomic E-state index is 13.0. The minimum absolute atomic E-state index is 0.210. The molecule has 2 aromatic carbocycles. The molecule has 3 N–H and O–H groups in total. The molecule has 0 aliphatic carbocycles. The number of halogens is 1. The molecular formula is C19H25FN4. The lowest BCUT2D eigenvalue weighted by Gasteiger charge is -2.35. The molecule has 0 amide bonds. The molecule has 2 aromatic rings. The second-order valence-electron chi connectivity index (χ2n) is 6.28. The van der Waals surface area contributed by atoms with Gasteiger partial charge in [0.2, 0.25) is 0 Å². The van der Waals surface area contributed by atoms with Crippen molar-refractivity contribution in [3.05, 3.63) is 59.4 Å². The molecule has 0 spiro atoms. The van der Waals surface area contributed by atoms with E-state index in [2.05, 4.69) is 40.4 Å². The molecule has 5 heteroatoms. The smallest absolute Gasteiger partial charge is 0.123 e. The maximum Gasteiger partial charge on any atom is 0.123 e. The molecule has 0 radical (unpaired) electrons. The number of hydrogen-bond acceptors (Lipinski definition) is 4. The van der Waals surface area contributed by atoms with E-state index >= 15 is 0 Å². The van der Waals surface area contributed by atoms with Crippen LogP contribution in [-0.2, 0) is 13.1 Å². The third kappa shape index (κ3) is 3.86. The van der Waals surface area contributed by atoms with Crippen LogP contribution in [-0.4, -0.2) is 38.1 Å². The fourth-order valence-electron chi connectivity index (χ4n) is 3.10. The summed E-state index contributed by atoms with van der Waals surface area (Å²) in [7, 11) is 2.15. The van der Waals surface area contributed by atoms with Crippen LogP contribution in [0.5, 0.6) is 0 Å². The van der Waals surface area contributed by atoms with Crippen LogP contribution in [0, 0.1) is 5.82 Å². The van der Waals surface area contributed by atoms with Gasteiger partial charge in [0.25, 0.3) is 0 Å². The van der Waals surface area contributed by atoms with E-state index in [1.807, 2.05) is 0 Å². The topological polar surface area (TPSA) is 44.5 Å². The Morgan fingerprint density at radius 2 is 1.75 bits per heavy atom. The average molecular weight is 328 g/mol. The van der Waals surface area contributed by atoms with Crippen molar-refractivity contribution in [1.82, 2.24) is 4.90 Å².